The summed E-state index contributed by atoms with van der Waals surface area (Å²) in [4.78, 5) is 4.20. The first-order valence-electron chi connectivity index (χ1n) is 5.68. The highest BCUT2D eigenvalue weighted by Crippen LogP contribution is 2.22. The average Bonchev–Trinajstić information content (AvgIpc) is 2.83. The second-order valence-corrected chi connectivity index (χ2v) is 4.30. The Kier molecular flexibility index (Phi) is 3.01. The fourth-order valence-corrected chi connectivity index (χ4v) is 1.98. The van der Waals surface area contributed by atoms with E-state index in [1.54, 1.807) is 16.8 Å². The molecule has 1 aromatic heterocycles. The molecule has 2 aromatic carbocycles. The van der Waals surface area contributed by atoms with Crippen molar-refractivity contribution in [3.8, 4) is 17.1 Å². The smallest absolute Gasteiger partial charge is 0.212 e. The van der Waals surface area contributed by atoms with Crippen molar-refractivity contribution in [2.24, 2.45) is 0 Å². The summed E-state index contributed by atoms with van der Waals surface area (Å²) < 4.78 is 14.6. The first-order valence-corrected chi connectivity index (χ1v) is 6.06. The number of benzene rings is 2. The molecule has 0 aliphatic rings. The van der Waals surface area contributed by atoms with Crippen LogP contribution < -0.4 is 0 Å². The van der Waals surface area contributed by atoms with Crippen LogP contribution in [0.3, 0.4) is 0 Å². The zero-order chi connectivity index (χ0) is 13.2. The fraction of sp³-hybridized carbons (Fsp3) is 0. The van der Waals surface area contributed by atoms with Gasteiger partial charge in [0.15, 0.2) is 5.82 Å². The van der Waals surface area contributed by atoms with Crippen LogP contribution in [0.2, 0.25) is 5.28 Å². The molecule has 0 spiro atoms. The van der Waals surface area contributed by atoms with Crippen molar-refractivity contribution in [2.45, 2.75) is 0 Å². The Morgan fingerprint density at radius 2 is 1.63 bits per heavy atom. The molecule has 0 aliphatic carbocycles. The SMILES string of the molecule is Fc1ccc(-n2nc(Cl)nc2-c2ccccc2)cc1. The minimum absolute atomic E-state index is 0.156. The number of halogens is 2. The summed E-state index contributed by atoms with van der Waals surface area (Å²) in [5, 5.41) is 4.29. The zero-order valence-corrected chi connectivity index (χ0v) is 10.5. The van der Waals surface area contributed by atoms with Gasteiger partial charge in [-0.3, -0.25) is 0 Å². The third-order valence-corrected chi connectivity index (χ3v) is 2.84. The lowest BCUT2D eigenvalue weighted by Gasteiger charge is -2.05. The molecule has 3 nitrogen and oxygen atoms in total. The topological polar surface area (TPSA) is 30.7 Å². The molecular formula is C14H9ClFN3. The van der Waals surface area contributed by atoms with Crippen molar-refractivity contribution >= 4 is 11.6 Å². The van der Waals surface area contributed by atoms with E-state index in [1.807, 2.05) is 30.3 Å². The van der Waals surface area contributed by atoms with Crippen molar-refractivity contribution in [2.75, 3.05) is 0 Å². The van der Waals surface area contributed by atoms with Crippen LogP contribution in [0.25, 0.3) is 17.1 Å². The first-order chi connectivity index (χ1) is 9.24. The molecule has 0 fully saturated rings. The maximum Gasteiger partial charge on any atom is 0.243 e. The van der Waals surface area contributed by atoms with Crippen LogP contribution in [-0.2, 0) is 0 Å². The highest BCUT2D eigenvalue weighted by atomic mass is 35.5. The lowest BCUT2D eigenvalue weighted by molar-refractivity contribution is 0.627. The summed E-state index contributed by atoms with van der Waals surface area (Å²) in [6, 6.07) is 15.6. The molecule has 0 amide bonds. The zero-order valence-electron chi connectivity index (χ0n) is 9.79. The van der Waals surface area contributed by atoms with Gasteiger partial charge in [-0.25, -0.2) is 9.07 Å². The lowest BCUT2D eigenvalue weighted by atomic mass is 10.2. The van der Waals surface area contributed by atoms with Crippen LogP contribution in [0.15, 0.2) is 54.6 Å². The van der Waals surface area contributed by atoms with Crippen LogP contribution in [0.5, 0.6) is 0 Å². The second-order valence-electron chi connectivity index (χ2n) is 3.96. The Hall–Kier alpha value is -2.20. The Bertz CT molecular complexity index is 692. The summed E-state index contributed by atoms with van der Waals surface area (Å²) in [6.07, 6.45) is 0. The van der Waals surface area contributed by atoms with E-state index in [0.717, 1.165) is 5.56 Å². The summed E-state index contributed by atoms with van der Waals surface area (Å²) >= 11 is 5.88. The second kappa shape index (κ2) is 4.82. The Labute approximate surface area is 114 Å². The Balaban J connectivity index is 2.15. The van der Waals surface area contributed by atoms with Crippen molar-refractivity contribution in [3.63, 3.8) is 0 Å². The number of hydrogen-bond donors (Lipinski definition) is 0. The van der Waals surface area contributed by atoms with Crippen LogP contribution in [0.4, 0.5) is 4.39 Å². The predicted octanol–water partition coefficient (Wildman–Crippen LogP) is 3.73. The molecule has 5 heteroatoms. The van der Waals surface area contributed by atoms with Gasteiger partial charge in [0.25, 0.3) is 0 Å². The Morgan fingerprint density at radius 1 is 0.947 bits per heavy atom. The molecule has 3 aromatic rings. The van der Waals surface area contributed by atoms with E-state index < -0.39 is 0 Å². The standard InChI is InChI=1S/C14H9ClFN3/c15-14-17-13(10-4-2-1-3-5-10)19(18-14)12-8-6-11(16)7-9-12/h1-9H. The molecule has 0 aliphatic heterocycles. The molecule has 0 saturated heterocycles. The van der Waals surface area contributed by atoms with Crippen molar-refractivity contribution in [1.82, 2.24) is 14.8 Å². The number of hydrogen-bond acceptors (Lipinski definition) is 2. The van der Waals surface area contributed by atoms with Crippen molar-refractivity contribution in [3.05, 3.63) is 65.7 Å². The van der Waals surface area contributed by atoms with E-state index in [0.29, 0.717) is 11.5 Å². The van der Waals surface area contributed by atoms with Crippen LogP contribution in [0, 0.1) is 5.82 Å². The van der Waals surface area contributed by atoms with Gasteiger partial charge >= 0.3 is 0 Å². The number of aromatic nitrogens is 3. The van der Waals surface area contributed by atoms with Gasteiger partial charge in [-0.05, 0) is 35.9 Å². The van der Waals surface area contributed by atoms with E-state index in [4.69, 9.17) is 11.6 Å². The van der Waals surface area contributed by atoms with E-state index >= 15 is 0 Å². The minimum atomic E-state index is -0.295. The van der Waals surface area contributed by atoms with Crippen molar-refractivity contribution < 1.29 is 4.39 Å². The molecule has 3 rings (SSSR count). The largest absolute Gasteiger partial charge is 0.243 e. The molecule has 1 heterocycles. The molecule has 0 N–H and O–H groups in total. The molecular weight excluding hydrogens is 265 g/mol. The summed E-state index contributed by atoms with van der Waals surface area (Å²) in [7, 11) is 0. The van der Waals surface area contributed by atoms with E-state index in [1.165, 1.54) is 12.1 Å². The third kappa shape index (κ3) is 2.35. The lowest BCUT2D eigenvalue weighted by Crippen LogP contribution is -1.99. The monoisotopic (exact) mass is 273 g/mol. The van der Waals surface area contributed by atoms with Crippen LogP contribution >= 0.6 is 11.6 Å². The summed E-state index contributed by atoms with van der Waals surface area (Å²) in [6.45, 7) is 0. The van der Waals surface area contributed by atoms with Gasteiger partial charge < -0.3 is 0 Å². The van der Waals surface area contributed by atoms with Gasteiger partial charge in [-0.15, -0.1) is 5.10 Å². The quantitative estimate of drug-likeness (QED) is 0.712. The third-order valence-electron chi connectivity index (χ3n) is 2.68. The van der Waals surface area contributed by atoms with Crippen LogP contribution in [0.1, 0.15) is 0 Å². The molecule has 0 atom stereocenters. The molecule has 94 valence electrons. The summed E-state index contributed by atoms with van der Waals surface area (Å²) in [5.74, 6) is 0.327. The number of rotatable bonds is 2. The van der Waals surface area contributed by atoms with E-state index in [9.17, 15) is 4.39 Å². The molecule has 19 heavy (non-hydrogen) atoms. The highest BCUT2D eigenvalue weighted by molar-refractivity contribution is 6.28. The van der Waals surface area contributed by atoms with E-state index in [2.05, 4.69) is 10.1 Å². The van der Waals surface area contributed by atoms with Gasteiger partial charge in [0, 0.05) is 5.56 Å². The van der Waals surface area contributed by atoms with Gasteiger partial charge in [0.2, 0.25) is 5.28 Å². The molecule has 0 saturated carbocycles. The van der Waals surface area contributed by atoms with E-state index in [-0.39, 0.29) is 11.1 Å². The maximum atomic E-state index is 13.0. The predicted molar refractivity (Wildman–Crippen MR) is 71.8 cm³/mol. The van der Waals surface area contributed by atoms with Gasteiger partial charge in [-0.2, -0.15) is 4.98 Å². The Morgan fingerprint density at radius 3 is 2.32 bits per heavy atom. The van der Waals surface area contributed by atoms with Gasteiger partial charge in [-0.1, -0.05) is 30.3 Å². The molecule has 0 unspecified atom stereocenters. The first kappa shape index (κ1) is 11.9. The summed E-state index contributed by atoms with van der Waals surface area (Å²) in [5.41, 5.74) is 1.60. The maximum absolute atomic E-state index is 13.0. The van der Waals surface area contributed by atoms with Gasteiger partial charge in [0.1, 0.15) is 5.82 Å². The minimum Gasteiger partial charge on any atom is -0.212 e. The average molecular weight is 274 g/mol. The normalized spacial score (nSPS) is 10.6. The van der Waals surface area contributed by atoms with Crippen molar-refractivity contribution in [1.29, 1.82) is 0 Å². The molecule has 0 bridgehead atoms. The van der Waals surface area contributed by atoms with Crippen LogP contribution in [-0.4, -0.2) is 14.8 Å². The number of nitrogens with zero attached hydrogens (tertiary/aromatic N) is 3. The molecule has 0 radical (unpaired) electrons. The van der Waals surface area contributed by atoms with Gasteiger partial charge in [0.05, 0.1) is 5.69 Å². The highest BCUT2D eigenvalue weighted by Gasteiger charge is 2.12. The fourth-order valence-electron chi connectivity index (χ4n) is 1.82.